The molecule has 0 aliphatic rings. The minimum absolute atomic E-state index is 0.0933. The molecular formula is C16H10Cl2FN3S. The summed E-state index contributed by atoms with van der Waals surface area (Å²) in [4.78, 5) is 4.43. The van der Waals surface area contributed by atoms with Crippen LogP contribution in [0.2, 0.25) is 10.0 Å². The number of rotatable bonds is 4. The second-order valence-corrected chi connectivity index (χ2v) is 6.22. The summed E-state index contributed by atoms with van der Waals surface area (Å²) in [5, 5.41) is 6.66. The number of nitrogens with zero attached hydrogens (tertiary/aromatic N) is 2. The van der Waals surface area contributed by atoms with E-state index in [1.165, 1.54) is 29.7 Å². The summed E-state index contributed by atoms with van der Waals surface area (Å²) in [6, 6.07) is 12.6. The van der Waals surface area contributed by atoms with E-state index < -0.39 is 5.82 Å². The molecular weight excluding hydrogens is 356 g/mol. The molecule has 7 heteroatoms. The van der Waals surface area contributed by atoms with Crippen molar-refractivity contribution in [2.45, 2.75) is 0 Å². The van der Waals surface area contributed by atoms with Crippen molar-refractivity contribution in [2.75, 3.05) is 5.43 Å². The van der Waals surface area contributed by atoms with Crippen molar-refractivity contribution in [2.24, 2.45) is 5.10 Å². The van der Waals surface area contributed by atoms with Crippen LogP contribution < -0.4 is 5.43 Å². The Kier molecular flexibility index (Phi) is 4.91. The van der Waals surface area contributed by atoms with Crippen LogP contribution in [-0.2, 0) is 0 Å². The van der Waals surface area contributed by atoms with Crippen molar-refractivity contribution < 1.29 is 4.39 Å². The van der Waals surface area contributed by atoms with Gasteiger partial charge in [-0.2, -0.15) is 5.10 Å². The molecule has 1 N–H and O–H groups in total. The quantitative estimate of drug-likeness (QED) is 0.365. The number of halogens is 3. The summed E-state index contributed by atoms with van der Waals surface area (Å²) in [6.07, 6.45) is 1.45. The summed E-state index contributed by atoms with van der Waals surface area (Å²) in [5.74, 6) is -0.582. The van der Waals surface area contributed by atoms with E-state index in [-0.39, 0.29) is 10.0 Å². The Balaban J connectivity index is 1.70. The highest BCUT2D eigenvalue weighted by atomic mass is 35.5. The highest BCUT2D eigenvalue weighted by Gasteiger charge is 2.06. The number of hydrazone groups is 1. The van der Waals surface area contributed by atoms with Crippen molar-refractivity contribution in [3.63, 3.8) is 0 Å². The molecule has 2 aromatic carbocycles. The van der Waals surface area contributed by atoms with Crippen LogP contribution in [0.5, 0.6) is 0 Å². The molecule has 0 saturated carbocycles. The Morgan fingerprint density at radius 1 is 1.17 bits per heavy atom. The van der Waals surface area contributed by atoms with Crippen molar-refractivity contribution in [3.8, 4) is 11.3 Å². The van der Waals surface area contributed by atoms with Gasteiger partial charge in [0, 0.05) is 10.9 Å². The zero-order valence-corrected chi connectivity index (χ0v) is 14.0. The van der Waals surface area contributed by atoms with Crippen LogP contribution in [0.4, 0.5) is 9.52 Å². The maximum Gasteiger partial charge on any atom is 0.203 e. The molecule has 0 radical (unpaired) electrons. The Morgan fingerprint density at radius 3 is 2.70 bits per heavy atom. The van der Waals surface area contributed by atoms with Crippen LogP contribution >= 0.6 is 34.5 Å². The SMILES string of the molecule is Fc1cc(C=NNc2nc(-c3ccccc3)cs2)cc(Cl)c1Cl. The summed E-state index contributed by atoms with van der Waals surface area (Å²) in [7, 11) is 0. The van der Waals surface area contributed by atoms with Gasteiger partial charge in [-0.3, -0.25) is 5.43 Å². The highest BCUT2D eigenvalue weighted by molar-refractivity contribution is 7.14. The third-order valence-corrected chi connectivity index (χ3v) is 4.48. The minimum Gasteiger partial charge on any atom is -0.253 e. The number of benzene rings is 2. The predicted octanol–water partition coefficient (Wildman–Crippen LogP) is 5.70. The maximum atomic E-state index is 13.5. The second-order valence-electron chi connectivity index (χ2n) is 4.57. The average molecular weight is 366 g/mol. The molecule has 0 fully saturated rings. The second kappa shape index (κ2) is 7.08. The van der Waals surface area contributed by atoms with Crippen molar-refractivity contribution >= 4 is 45.9 Å². The molecule has 0 spiro atoms. The molecule has 3 nitrogen and oxygen atoms in total. The van der Waals surface area contributed by atoms with E-state index in [0.717, 1.165) is 11.3 Å². The lowest BCUT2D eigenvalue weighted by Gasteiger charge is -2.00. The molecule has 0 saturated heterocycles. The van der Waals surface area contributed by atoms with Crippen LogP contribution in [0.25, 0.3) is 11.3 Å². The molecule has 0 aliphatic heterocycles. The van der Waals surface area contributed by atoms with Crippen LogP contribution in [0.15, 0.2) is 52.9 Å². The van der Waals surface area contributed by atoms with Gasteiger partial charge in [0.2, 0.25) is 5.13 Å². The third kappa shape index (κ3) is 3.88. The molecule has 1 heterocycles. The standard InChI is InChI=1S/C16H10Cl2FN3S/c17-12-6-10(7-13(19)15(12)18)8-20-22-16-21-14(9-23-16)11-4-2-1-3-5-11/h1-9H,(H,21,22). The maximum absolute atomic E-state index is 13.5. The summed E-state index contributed by atoms with van der Waals surface area (Å²) < 4.78 is 13.5. The molecule has 0 unspecified atom stereocenters. The first-order valence-electron chi connectivity index (χ1n) is 6.58. The van der Waals surface area contributed by atoms with E-state index in [9.17, 15) is 4.39 Å². The van der Waals surface area contributed by atoms with Crippen LogP contribution in [0.1, 0.15) is 5.56 Å². The molecule has 0 aliphatic carbocycles. The van der Waals surface area contributed by atoms with E-state index in [0.29, 0.717) is 10.7 Å². The molecule has 23 heavy (non-hydrogen) atoms. The van der Waals surface area contributed by atoms with Gasteiger partial charge in [0.1, 0.15) is 5.82 Å². The molecule has 0 bridgehead atoms. The number of anilines is 1. The lowest BCUT2D eigenvalue weighted by atomic mass is 10.2. The fraction of sp³-hybridized carbons (Fsp3) is 0. The number of nitrogens with one attached hydrogen (secondary N) is 1. The van der Waals surface area contributed by atoms with Crippen molar-refractivity contribution in [3.05, 3.63) is 69.3 Å². The Hall–Kier alpha value is -1.95. The minimum atomic E-state index is -0.582. The van der Waals surface area contributed by atoms with Gasteiger partial charge >= 0.3 is 0 Å². The van der Waals surface area contributed by atoms with Gasteiger partial charge in [-0.15, -0.1) is 11.3 Å². The van der Waals surface area contributed by atoms with E-state index in [1.54, 1.807) is 0 Å². The van der Waals surface area contributed by atoms with Gasteiger partial charge in [0.05, 0.1) is 22.0 Å². The van der Waals surface area contributed by atoms with Gasteiger partial charge in [0.25, 0.3) is 0 Å². The van der Waals surface area contributed by atoms with Gasteiger partial charge in [-0.1, -0.05) is 53.5 Å². The monoisotopic (exact) mass is 365 g/mol. The first kappa shape index (κ1) is 15.9. The topological polar surface area (TPSA) is 37.3 Å². The lowest BCUT2D eigenvalue weighted by Crippen LogP contribution is -1.91. The largest absolute Gasteiger partial charge is 0.253 e. The van der Waals surface area contributed by atoms with Gasteiger partial charge in [-0.05, 0) is 17.7 Å². The first-order chi connectivity index (χ1) is 11.1. The summed E-state index contributed by atoms with van der Waals surface area (Å²) in [5.41, 5.74) is 5.22. The summed E-state index contributed by atoms with van der Waals surface area (Å²) in [6.45, 7) is 0. The Bertz CT molecular complexity index is 827. The molecule has 3 rings (SSSR count). The lowest BCUT2D eigenvalue weighted by molar-refractivity contribution is 0.628. The Morgan fingerprint density at radius 2 is 1.96 bits per heavy atom. The number of aromatic nitrogens is 1. The van der Waals surface area contributed by atoms with Crippen LogP contribution in [0.3, 0.4) is 0 Å². The molecule has 0 atom stereocenters. The molecule has 0 amide bonds. The zero-order valence-electron chi connectivity index (χ0n) is 11.6. The van der Waals surface area contributed by atoms with Gasteiger partial charge < -0.3 is 0 Å². The third-order valence-electron chi connectivity index (χ3n) is 2.95. The average Bonchev–Trinajstić information content (AvgIpc) is 3.02. The number of hydrogen-bond donors (Lipinski definition) is 1. The van der Waals surface area contributed by atoms with E-state index >= 15 is 0 Å². The smallest absolute Gasteiger partial charge is 0.203 e. The van der Waals surface area contributed by atoms with Crippen molar-refractivity contribution in [1.29, 1.82) is 0 Å². The van der Waals surface area contributed by atoms with Crippen LogP contribution in [0, 0.1) is 5.82 Å². The normalized spacial score (nSPS) is 11.1. The fourth-order valence-electron chi connectivity index (χ4n) is 1.88. The molecule has 3 aromatic rings. The fourth-order valence-corrected chi connectivity index (χ4v) is 2.87. The molecule has 1 aromatic heterocycles. The van der Waals surface area contributed by atoms with E-state index in [4.69, 9.17) is 23.2 Å². The number of thiazole rings is 1. The van der Waals surface area contributed by atoms with E-state index in [2.05, 4.69) is 15.5 Å². The first-order valence-corrected chi connectivity index (χ1v) is 8.21. The molecule has 116 valence electrons. The number of hydrogen-bond acceptors (Lipinski definition) is 4. The predicted molar refractivity (Wildman–Crippen MR) is 95.2 cm³/mol. The zero-order chi connectivity index (χ0) is 16.2. The highest BCUT2D eigenvalue weighted by Crippen LogP contribution is 2.26. The Labute approximate surface area is 146 Å². The van der Waals surface area contributed by atoms with Gasteiger partial charge in [0.15, 0.2) is 0 Å². The van der Waals surface area contributed by atoms with Crippen molar-refractivity contribution in [1.82, 2.24) is 4.98 Å². The van der Waals surface area contributed by atoms with E-state index in [1.807, 2.05) is 35.7 Å². The van der Waals surface area contributed by atoms with Crippen LogP contribution in [-0.4, -0.2) is 11.2 Å². The summed E-state index contributed by atoms with van der Waals surface area (Å²) >= 11 is 12.9. The van der Waals surface area contributed by atoms with Gasteiger partial charge in [-0.25, -0.2) is 9.37 Å².